The number of aliphatic hydroxyl groups excluding tert-OH is 2. The Morgan fingerprint density at radius 2 is 1.47 bits per heavy atom. The second-order valence-corrected chi connectivity index (χ2v) is 8.65. The average Bonchev–Trinajstić information content (AvgIpc) is 2.79. The smallest absolute Gasteiger partial charge is 0.341 e. The monoisotopic (exact) mass is 453 g/mol. The first-order valence-corrected chi connectivity index (χ1v) is 12.6. The summed E-state index contributed by atoms with van der Waals surface area (Å²) < 4.78 is 18.9. The van der Waals surface area contributed by atoms with Gasteiger partial charge in [0.25, 0.3) is 0 Å². The number of unbranched alkanes of at least 4 members (excludes halogenated alkanes) is 13. The maximum Gasteiger partial charge on any atom is 0.341 e. The van der Waals surface area contributed by atoms with Crippen molar-refractivity contribution >= 4 is 11.7 Å². The van der Waals surface area contributed by atoms with Crippen molar-refractivity contribution < 1.29 is 24.1 Å². The molecule has 1 aromatic carbocycles. The predicted octanol–water partition coefficient (Wildman–Crippen LogP) is 6.23. The molecule has 0 aromatic heterocycles. The topological polar surface area (TPSA) is 78.8 Å². The van der Waals surface area contributed by atoms with Crippen LogP contribution in [-0.2, 0) is 4.74 Å². The molecule has 0 amide bonds. The van der Waals surface area contributed by atoms with Crippen LogP contribution in [0.4, 0.5) is 10.1 Å². The Bertz CT molecular complexity index is 611. The highest BCUT2D eigenvalue weighted by Gasteiger charge is 2.15. The molecule has 0 aliphatic carbocycles. The van der Waals surface area contributed by atoms with Crippen LogP contribution in [0.1, 0.15) is 107 Å². The summed E-state index contributed by atoms with van der Waals surface area (Å²) in [6.45, 7) is 2.14. The maximum absolute atomic E-state index is 14.1. The Morgan fingerprint density at radius 1 is 0.938 bits per heavy atom. The fourth-order valence-corrected chi connectivity index (χ4v) is 3.65. The summed E-state index contributed by atoms with van der Waals surface area (Å²) in [7, 11) is 0. The van der Waals surface area contributed by atoms with Crippen LogP contribution < -0.4 is 5.32 Å². The Kier molecular flexibility index (Phi) is 16.7. The van der Waals surface area contributed by atoms with Gasteiger partial charge in [0, 0.05) is 12.2 Å². The van der Waals surface area contributed by atoms with Gasteiger partial charge >= 0.3 is 5.97 Å². The van der Waals surface area contributed by atoms with E-state index in [1.165, 1.54) is 89.2 Å². The van der Waals surface area contributed by atoms with Crippen molar-refractivity contribution in [1.29, 1.82) is 0 Å². The van der Waals surface area contributed by atoms with Crippen molar-refractivity contribution in [1.82, 2.24) is 0 Å². The molecule has 1 unspecified atom stereocenters. The number of carbonyl (C=O) groups is 1. The third-order valence-electron chi connectivity index (χ3n) is 5.67. The van der Waals surface area contributed by atoms with Gasteiger partial charge in [-0.05, 0) is 24.6 Å². The van der Waals surface area contributed by atoms with E-state index in [2.05, 4.69) is 12.2 Å². The molecule has 0 saturated carbocycles. The van der Waals surface area contributed by atoms with Gasteiger partial charge in [0.2, 0.25) is 0 Å². The largest absolute Gasteiger partial charge is 0.459 e. The van der Waals surface area contributed by atoms with Gasteiger partial charge in [-0.1, -0.05) is 90.4 Å². The Morgan fingerprint density at radius 3 is 1.97 bits per heavy atom. The SMILES string of the molecule is CCCCCCCCCCCCCCCCNc1ccc(C(=O)OCC(O)CO)c(F)c1. The molecule has 0 radical (unpaired) electrons. The van der Waals surface area contributed by atoms with Gasteiger partial charge in [0.15, 0.2) is 0 Å². The van der Waals surface area contributed by atoms with Crippen LogP contribution in [0.3, 0.4) is 0 Å². The van der Waals surface area contributed by atoms with Crippen molar-refractivity contribution in [3.63, 3.8) is 0 Å². The van der Waals surface area contributed by atoms with Gasteiger partial charge in [-0.25, -0.2) is 9.18 Å². The first-order valence-electron chi connectivity index (χ1n) is 12.6. The standard InChI is InChI=1S/C26H44FNO4/c1-2-3-4-5-6-7-8-9-10-11-12-13-14-15-18-28-22-16-17-24(25(27)19-22)26(31)32-21-23(30)20-29/h16-17,19,23,28-30H,2-15,18,20-21H2,1H3. The average molecular weight is 454 g/mol. The van der Waals surface area contributed by atoms with Gasteiger partial charge in [-0.3, -0.25) is 0 Å². The van der Waals surface area contributed by atoms with Crippen molar-refractivity contribution in [2.45, 2.75) is 103 Å². The molecule has 1 aromatic rings. The number of aliphatic hydroxyl groups is 2. The number of hydrogen-bond acceptors (Lipinski definition) is 5. The van der Waals surface area contributed by atoms with Crippen LogP contribution in [0, 0.1) is 5.82 Å². The summed E-state index contributed by atoms with van der Waals surface area (Å²) in [5, 5.41) is 21.1. The van der Waals surface area contributed by atoms with Crippen LogP contribution in [-0.4, -0.2) is 42.0 Å². The summed E-state index contributed by atoms with van der Waals surface area (Å²) in [5.41, 5.74) is 0.446. The molecule has 0 heterocycles. The van der Waals surface area contributed by atoms with E-state index in [0.29, 0.717) is 5.69 Å². The molecular formula is C26H44FNO4. The van der Waals surface area contributed by atoms with E-state index in [9.17, 15) is 14.3 Å². The zero-order valence-corrected chi connectivity index (χ0v) is 19.9. The van der Waals surface area contributed by atoms with Gasteiger partial charge in [0.1, 0.15) is 18.5 Å². The summed E-state index contributed by atoms with van der Waals surface area (Å²) >= 11 is 0. The minimum atomic E-state index is -1.16. The maximum atomic E-state index is 14.1. The highest BCUT2D eigenvalue weighted by Crippen LogP contribution is 2.17. The fraction of sp³-hybridized carbons (Fsp3) is 0.731. The van der Waals surface area contributed by atoms with Gasteiger partial charge in [-0.2, -0.15) is 0 Å². The quantitative estimate of drug-likeness (QED) is 0.161. The highest BCUT2D eigenvalue weighted by atomic mass is 19.1. The fourth-order valence-electron chi connectivity index (χ4n) is 3.65. The number of rotatable bonds is 20. The van der Waals surface area contributed by atoms with Gasteiger partial charge in [0.05, 0.1) is 12.2 Å². The molecule has 0 spiro atoms. The Hall–Kier alpha value is -1.66. The lowest BCUT2D eigenvalue weighted by Crippen LogP contribution is -2.22. The van der Waals surface area contributed by atoms with E-state index in [0.717, 1.165) is 19.4 Å². The minimum absolute atomic E-state index is 0.183. The van der Waals surface area contributed by atoms with Crippen LogP contribution in [0.15, 0.2) is 18.2 Å². The summed E-state index contributed by atoms with van der Waals surface area (Å²) in [6.07, 6.45) is 17.3. The van der Waals surface area contributed by atoms with Gasteiger partial charge in [-0.15, -0.1) is 0 Å². The van der Waals surface area contributed by atoms with Crippen LogP contribution >= 0.6 is 0 Å². The molecule has 184 valence electrons. The number of nitrogens with one attached hydrogen (secondary N) is 1. The van der Waals surface area contributed by atoms with Crippen LogP contribution in [0.5, 0.6) is 0 Å². The number of esters is 1. The third kappa shape index (κ3) is 13.7. The van der Waals surface area contributed by atoms with E-state index in [1.54, 1.807) is 6.07 Å². The first kappa shape index (κ1) is 28.4. The van der Waals surface area contributed by atoms with Crippen molar-refractivity contribution in [3.8, 4) is 0 Å². The first-order chi connectivity index (χ1) is 15.6. The molecule has 6 heteroatoms. The molecular weight excluding hydrogens is 409 g/mol. The molecule has 3 N–H and O–H groups in total. The van der Waals surface area contributed by atoms with E-state index in [4.69, 9.17) is 9.84 Å². The predicted molar refractivity (Wildman–Crippen MR) is 129 cm³/mol. The molecule has 0 fully saturated rings. The van der Waals surface area contributed by atoms with E-state index < -0.39 is 24.5 Å². The third-order valence-corrected chi connectivity index (χ3v) is 5.67. The lowest BCUT2D eigenvalue weighted by Gasteiger charge is -2.10. The summed E-state index contributed by atoms with van der Waals surface area (Å²) in [6, 6.07) is 4.30. The van der Waals surface area contributed by atoms with Crippen molar-refractivity contribution in [2.24, 2.45) is 0 Å². The van der Waals surface area contributed by atoms with E-state index in [1.807, 2.05) is 0 Å². The van der Waals surface area contributed by atoms with Crippen molar-refractivity contribution in [3.05, 3.63) is 29.6 Å². The van der Waals surface area contributed by atoms with Crippen molar-refractivity contribution in [2.75, 3.05) is 25.1 Å². The Balaban J connectivity index is 2.03. The zero-order chi connectivity index (χ0) is 23.4. The number of anilines is 1. The van der Waals surface area contributed by atoms with Crippen LogP contribution in [0.2, 0.25) is 0 Å². The number of ether oxygens (including phenoxy) is 1. The number of benzene rings is 1. The lowest BCUT2D eigenvalue weighted by molar-refractivity contribution is 0.00900. The number of carbonyl (C=O) groups excluding carboxylic acids is 1. The summed E-state index contributed by atoms with van der Waals surface area (Å²) in [5.74, 6) is -1.52. The molecule has 0 saturated heterocycles. The zero-order valence-electron chi connectivity index (χ0n) is 19.9. The van der Waals surface area contributed by atoms with E-state index >= 15 is 0 Å². The molecule has 0 bridgehead atoms. The highest BCUT2D eigenvalue weighted by molar-refractivity contribution is 5.90. The molecule has 0 aliphatic heterocycles. The Labute approximate surface area is 193 Å². The minimum Gasteiger partial charge on any atom is -0.459 e. The van der Waals surface area contributed by atoms with E-state index in [-0.39, 0.29) is 12.2 Å². The molecule has 0 aliphatic rings. The second kappa shape index (κ2) is 18.9. The molecule has 1 atom stereocenters. The molecule has 5 nitrogen and oxygen atoms in total. The second-order valence-electron chi connectivity index (χ2n) is 8.65. The number of hydrogen-bond donors (Lipinski definition) is 3. The molecule has 32 heavy (non-hydrogen) atoms. The van der Waals surface area contributed by atoms with Gasteiger partial charge < -0.3 is 20.3 Å². The number of halogens is 1. The van der Waals surface area contributed by atoms with Crippen LogP contribution in [0.25, 0.3) is 0 Å². The molecule has 1 rings (SSSR count). The summed E-state index contributed by atoms with van der Waals surface area (Å²) in [4.78, 5) is 11.8. The lowest BCUT2D eigenvalue weighted by atomic mass is 10.0. The normalized spacial score (nSPS) is 12.0.